The minimum Gasteiger partial charge on any atom is -0.443 e. The number of ether oxygens (including phenoxy) is 1. The molecule has 160 valence electrons. The Kier molecular flexibility index (Phi) is 5.22. The molecule has 0 N–H and O–H groups in total. The summed E-state index contributed by atoms with van der Waals surface area (Å²) in [5.74, 6) is 0. The van der Waals surface area contributed by atoms with Crippen molar-refractivity contribution in [2.45, 2.75) is 32.9 Å². The summed E-state index contributed by atoms with van der Waals surface area (Å²) in [5, 5.41) is 9.53. The number of benzene rings is 1. The highest BCUT2D eigenvalue weighted by Crippen LogP contribution is 2.22. The van der Waals surface area contributed by atoms with E-state index in [0.717, 1.165) is 33.4 Å². The Morgan fingerprint density at radius 2 is 1.94 bits per heavy atom. The van der Waals surface area contributed by atoms with Gasteiger partial charge in [0.05, 0.1) is 30.1 Å². The van der Waals surface area contributed by atoms with Gasteiger partial charge >= 0.3 is 6.09 Å². The van der Waals surface area contributed by atoms with Gasteiger partial charge < -0.3 is 9.64 Å². The van der Waals surface area contributed by atoms with Gasteiger partial charge in [-0.2, -0.15) is 0 Å². The lowest BCUT2D eigenvalue weighted by atomic mass is 10.1. The molecule has 0 unspecified atom stereocenters. The lowest BCUT2D eigenvalue weighted by Gasteiger charge is -2.19. The van der Waals surface area contributed by atoms with E-state index in [-0.39, 0.29) is 0 Å². The Balaban J connectivity index is 1.58. The van der Waals surface area contributed by atoms with E-state index >= 15 is 0 Å². The first kappa shape index (κ1) is 20.6. The number of rotatable bonds is 4. The predicted molar refractivity (Wildman–Crippen MR) is 120 cm³/mol. The molecule has 8 heteroatoms. The topological polar surface area (TPSA) is 78.1 Å². The first-order valence-corrected chi connectivity index (χ1v) is 10.1. The maximum Gasteiger partial charge on any atom is 0.418 e. The SMILES string of the molecule is CN(C)c1cncc(-c2cn(Cc3ccc4ccn(C(=O)OC(C)(C)C)c4c3)nn2)c1. The van der Waals surface area contributed by atoms with E-state index in [1.165, 1.54) is 4.57 Å². The van der Waals surface area contributed by atoms with Crippen LogP contribution in [0.3, 0.4) is 0 Å². The Morgan fingerprint density at radius 1 is 1.13 bits per heavy atom. The molecule has 0 atom stereocenters. The van der Waals surface area contributed by atoms with Crippen LogP contribution in [-0.4, -0.2) is 50.3 Å². The largest absolute Gasteiger partial charge is 0.443 e. The molecule has 31 heavy (non-hydrogen) atoms. The molecule has 0 spiro atoms. The molecular weight excluding hydrogens is 392 g/mol. The van der Waals surface area contributed by atoms with Crippen molar-refractivity contribution in [3.05, 3.63) is 60.7 Å². The maximum absolute atomic E-state index is 12.5. The van der Waals surface area contributed by atoms with Gasteiger partial charge in [0, 0.05) is 37.4 Å². The minimum absolute atomic E-state index is 0.393. The summed E-state index contributed by atoms with van der Waals surface area (Å²) < 4.78 is 8.83. The van der Waals surface area contributed by atoms with Crippen molar-refractivity contribution >= 4 is 22.7 Å². The average Bonchev–Trinajstić information content (AvgIpc) is 3.33. The number of anilines is 1. The average molecular weight is 419 g/mol. The Morgan fingerprint density at radius 3 is 2.68 bits per heavy atom. The summed E-state index contributed by atoms with van der Waals surface area (Å²) in [4.78, 5) is 18.8. The molecule has 4 rings (SSSR count). The highest BCUT2D eigenvalue weighted by Gasteiger charge is 2.19. The van der Waals surface area contributed by atoms with E-state index in [1.807, 2.05) is 82.5 Å². The van der Waals surface area contributed by atoms with Gasteiger partial charge in [-0.3, -0.25) is 9.55 Å². The molecule has 3 heterocycles. The summed E-state index contributed by atoms with van der Waals surface area (Å²) in [6.45, 7) is 6.10. The molecule has 1 aromatic carbocycles. The molecule has 4 aromatic rings. The predicted octanol–water partition coefficient (Wildman–Crippen LogP) is 4.19. The van der Waals surface area contributed by atoms with Crippen LogP contribution in [0.4, 0.5) is 10.5 Å². The molecule has 8 nitrogen and oxygen atoms in total. The number of nitrogens with zero attached hydrogens (tertiary/aromatic N) is 6. The van der Waals surface area contributed by atoms with Crippen LogP contribution in [0.2, 0.25) is 0 Å². The maximum atomic E-state index is 12.5. The quantitative estimate of drug-likeness (QED) is 0.494. The molecule has 0 fully saturated rings. The van der Waals surface area contributed by atoms with Crippen LogP contribution in [0.5, 0.6) is 0 Å². The van der Waals surface area contributed by atoms with Crippen molar-refractivity contribution in [2.24, 2.45) is 0 Å². The molecule has 0 saturated heterocycles. The van der Waals surface area contributed by atoms with E-state index in [4.69, 9.17) is 4.74 Å². The van der Waals surface area contributed by atoms with Crippen molar-refractivity contribution in [1.82, 2.24) is 24.5 Å². The number of pyridine rings is 1. The molecule has 0 amide bonds. The van der Waals surface area contributed by atoms with Crippen LogP contribution < -0.4 is 4.90 Å². The Labute approximate surface area is 181 Å². The van der Waals surface area contributed by atoms with E-state index in [1.54, 1.807) is 17.1 Å². The van der Waals surface area contributed by atoms with E-state index in [0.29, 0.717) is 6.54 Å². The smallest absolute Gasteiger partial charge is 0.418 e. The molecule has 0 bridgehead atoms. The Hall–Kier alpha value is -3.68. The zero-order chi connectivity index (χ0) is 22.2. The van der Waals surface area contributed by atoms with Crippen LogP contribution in [0.15, 0.2) is 55.1 Å². The number of aromatic nitrogens is 5. The molecule has 0 aliphatic rings. The first-order valence-electron chi connectivity index (χ1n) is 10.1. The molecule has 0 aliphatic carbocycles. The summed E-state index contributed by atoms with van der Waals surface area (Å²) in [7, 11) is 3.95. The second kappa shape index (κ2) is 7.86. The fourth-order valence-corrected chi connectivity index (χ4v) is 3.25. The summed E-state index contributed by atoms with van der Waals surface area (Å²) in [5.41, 5.74) is 3.92. The molecular formula is C23H26N6O2. The van der Waals surface area contributed by atoms with Gasteiger partial charge in [-0.1, -0.05) is 17.3 Å². The second-order valence-electron chi connectivity index (χ2n) is 8.69. The molecule has 3 aromatic heterocycles. The first-order chi connectivity index (χ1) is 14.7. The third kappa shape index (κ3) is 4.58. The third-order valence-electron chi connectivity index (χ3n) is 4.77. The highest BCUT2D eigenvalue weighted by atomic mass is 16.6. The van der Waals surface area contributed by atoms with Gasteiger partial charge in [-0.15, -0.1) is 5.10 Å². The van der Waals surface area contributed by atoms with Crippen LogP contribution in [-0.2, 0) is 11.3 Å². The fourth-order valence-electron chi connectivity index (χ4n) is 3.25. The third-order valence-corrected chi connectivity index (χ3v) is 4.77. The van der Waals surface area contributed by atoms with Gasteiger partial charge in [-0.25, -0.2) is 9.48 Å². The lowest BCUT2D eigenvalue weighted by molar-refractivity contribution is 0.0544. The van der Waals surface area contributed by atoms with E-state index < -0.39 is 11.7 Å². The zero-order valence-corrected chi connectivity index (χ0v) is 18.4. The normalized spacial score (nSPS) is 11.6. The Bertz CT molecular complexity index is 1230. The number of hydrogen-bond donors (Lipinski definition) is 0. The summed E-state index contributed by atoms with van der Waals surface area (Å²) >= 11 is 0. The molecule has 0 radical (unpaired) electrons. The summed E-state index contributed by atoms with van der Waals surface area (Å²) in [6, 6.07) is 9.93. The monoisotopic (exact) mass is 418 g/mol. The van der Waals surface area contributed by atoms with Gasteiger partial charge in [-0.05, 0) is 44.5 Å². The van der Waals surface area contributed by atoms with Crippen molar-refractivity contribution in [3.8, 4) is 11.3 Å². The fraction of sp³-hybridized carbons (Fsp3) is 0.304. The van der Waals surface area contributed by atoms with E-state index in [2.05, 4.69) is 15.3 Å². The van der Waals surface area contributed by atoms with Gasteiger partial charge in [0.15, 0.2) is 0 Å². The number of hydrogen-bond acceptors (Lipinski definition) is 6. The van der Waals surface area contributed by atoms with Crippen molar-refractivity contribution in [3.63, 3.8) is 0 Å². The van der Waals surface area contributed by atoms with Crippen LogP contribution in [0.1, 0.15) is 26.3 Å². The van der Waals surface area contributed by atoms with Crippen LogP contribution >= 0.6 is 0 Å². The van der Waals surface area contributed by atoms with E-state index in [9.17, 15) is 4.79 Å². The second-order valence-corrected chi connectivity index (χ2v) is 8.69. The highest BCUT2D eigenvalue weighted by molar-refractivity contribution is 5.90. The molecule has 0 aliphatic heterocycles. The van der Waals surface area contributed by atoms with Gasteiger partial charge in [0.25, 0.3) is 0 Å². The minimum atomic E-state index is -0.554. The van der Waals surface area contributed by atoms with Crippen molar-refractivity contribution in [1.29, 1.82) is 0 Å². The lowest BCUT2D eigenvalue weighted by Crippen LogP contribution is -2.26. The van der Waals surface area contributed by atoms with Gasteiger partial charge in [0.2, 0.25) is 0 Å². The van der Waals surface area contributed by atoms with Crippen molar-refractivity contribution < 1.29 is 9.53 Å². The van der Waals surface area contributed by atoms with Crippen LogP contribution in [0.25, 0.3) is 22.2 Å². The van der Waals surface area contributed by atoms with Gasteiger partial charge in [0.1, 0.15) is 11.3 Å². The number of carbonyl (C=O) groups is 1. The number of carbonyl (C=O) groups excluding carboxylic acids is 1. The van der Waals surface area contributed by atoms with Crippen LogP contribution in [0, 0.1) is 0 Å². The summed E-state index contributed by atoms with van der Waals surface area (Å²) in [6.07, 6.45) is 6.83. The number of fused-ring (bicyclic) bond motifs is 1. The zero-order valence-electron chi connectivity index (χ0n) is 18.4. The van der Waals surface area contributed by atoms with Crippen molar-refractivity contribution in [2.75, 3.05) is 19.0 Å². The standard InChI is InChI=1S/C23H26N6O2/c1-23(2,3)31-22(30)29-9-8-17-7-6-16(10-21(17)29)14-28-15-20(25-26-28)18-11-19(27(4)5)13-24-12-18/h6-13,15H,14H2,1-5H3. The molecule has 0 saturated carbocycles.